The van der Waals surface area contributed by atoms with Gasteiger partial charge in [-0.2, -0.15) is 0 Å². The van der Waals surface area contributed by atoms with Crippen molar-refractivity contribution in [3.8, 4) is 0 Å². The second-order valence-corrected chi connectivity index (χ2v) is 6.05. The maximum atomic E-state index is 5.96. The fourth-order valence-corrected chi connectivity index (χ4v) is 2.91. The van der Waals surface area contributed by atoms with Gasteiger partial charge in [0.25, 0.3) is 0 Å². The Balaban J connectivity index is 2.19. The molecule has 2 nitrogen and oxygen atoms in total. The van der Waals surface area contributed by atoms with E-state index in [2.05, 4.69) is 19.2 Å². The molecule has 0 amide bonds. The van der Waals surface area contributed by atoms with E-state index in [0.29, 0.717) is 0 Å². The van der Waals surface area contributed by atoms with E-state index in [4.69, 9.17) is 5.73 Å². The predicted octanol–water partition coefficient (Wildman–Crippen LogP) is 3.60. The third-order valence-corrected chi connectivity index (χ3v) is 4.19. The van der Waals surface area contributed by atoms with Crippen LogP contribution in [0.2, 0.25) is 0 Å². The number of hydrogen-bond acceptors (Lipinski definition) is 2. The van der Waals surface area contributed by atoms with Gasteiger partial charge in [0.1, 0.15) is 0 Å². The van der Waals surface area contributed by atoms with E-state index in [9.17, 15) is 0 Å². The summed E-state index contributed by atoms with van der Waals surface area (Å²) < 4.78 is 0. The van der Waals surface area contributed by atoms with E-state index in [-0.39, 0.29) is 5.54 Å². The number of unbranched alkanes of at least 4 members (excludes halogenated alkanes) is 4. The Bertz CT molecular complexity index is 187. The van der Waals surface area contributed by atoms with E-state index in [1.165, 1.54) is 64.2 Å². The normalized spacial score (nSPS) is 20.6. The zero-order valence-corrected chi connectivity index (χ0v) is 11.9. The minimum absolute atomic E-state index is 0.182. The molecule has 1 aliphatic carbocycles. The highest BCUT2D eigenvalue weighted by Gasteiger charge is 2.26. The van der Waals surface area contributed by atoms with Gasteiger partial charge < -0.3 is 11.1 Å². The van der Waals surface area contributed by atoms with E-state index < -0.39 is 0 Å². The first-order valence-corrected chi connectivity index (χ1v) is 7.68. The van der Waals surface area contributed by atoms with Gasteiger partial charge in [-0.1, -0.05) is 51.9 Å². The largest absolute Gasteiger partial charge is 0.329 e. The van der Waals surface area contributed by atoms with Crippen LogP contribution in [0.15, 0.2) is 0 Å². The molecule has 0 aromatic carbocycles. The molecular weight excluding hydrogens is 208 g/mol. The number of nitrogens with two attached hydrogens (primary N) is 1. The van der Waals surface area contributed by atoms with E-state index in [1.54, 1.807) is 0 Å². The summed E-state index contributed by atoms with van der Waals surface area (Å²) in [6, 6.07) is 0.735. The van der Waals surface area contributed by atoms with Crippen LogP contribution in [-0.2, 0) is 0 Å². The quantitative estimate of drug-likeness (QED) is 0.604. The SMILES string of the molecule is CCCCCCCC(C)(CN)NC1CCCC1. The van der Waals surface area contributed by atoms with Crippen LogP contribution in [-0.4, -0.2) is 18.1 Å². The fourth-order valence-electron chi connectivity index (χ4n) is 2.91. The molecule has 1 saturated carbocycles. The van der Waals surface area contributed by atoms with Crippen LogP contribution >= 0.6 is 0 Å². The highest BCUT2D eigenvalue weighted by Crippen LogP contribution is 2.23. The molecule has 1 unspecified atom stereocenters. The third kappa shape index (κ3) is 5.87. The van der Waals surface area contributed by atoms with Crippen LogP contribution in [0.5, 0.6) is 0 Å². The average molecular weight is 240 g/mol. The minimum atomic E-state index is 0.182. The second kappa shape index (κ2) is 8.10. The van der Waals surface area contributed by atoms with E-state index in [0.717, 1.165) is 12.6 Å². The van der Waals surface area contributed by atoms with Gasteiger partial charge in [0, 0.05) is 18.1 Å². The average Bonchev–Trinajstić information content (AvgIpc) is 2.81. The summed E-state index contributed by atoms with van der Waals surface area (Å²) in [7, 11) is 0. The first-order chi connectivity index (χ1) is 8.20. The third-order valence-electron chi connectivity index (χ3n) is 4.19. The molecule has 0 heterocycles. The Hall–Kier alpha value is -0.0800. The minimum Gasteiger partial charge on any atom is -0.329 e. The molecule has 1 fully saturated rings. The Morgan fingerprint density at radius 1 is 1.12 bits per heavy atom. The van der Waals surface area contributed by atoms with Crippen LogP contribution in [0, 0.1) is 0 Å². The molecule has 0 radical (unpaired) electrons. The molecule has 1 atom stereocenters. The molecular formula is C15H32N2. The van der Waals surface area contributed by atoms with Crippen molar-refractivity contribution < 1.29 is 0 Å². The van der Waals surface area contributed by atoms with Gasteiger partial charge in [0.2, 0.25) is 0 Å². The van der Waals surface area contributed by atoms with Crippen LogP contribution in [0.3, 0.4) is 0 Å². The van der Waals surface area contributed by atoms with Crippen molar-refractivity contribution in [1.29, 1.82) is 0 Å². The zero-order valence-electron chi connectivity index (χ0n) is 11.9. The molecule has 102 valence electrons. The first kappa shape index (κ1) is 15.0. The van der Waals surface area contributed by atoms with Gasteiger partial charge in [-0.3, -0.25) is 0 Å². The number of hydrogen-bond donors (Lipinski definition) is 2. The van der Waals surface area contributed by atoms with Gasteiger partial charge in [-0.05, 0) is 26.2 Å². The predicted molar refractivity (Wildman–Crippen MR) is 76.2 cm³/mol. The Morgan fingerprint density at radius 3 is 2.35 bits per heavy atom. The lowest BCUT2D eigenvalue weighted by Gasteiger charge is -2.33. The Morgan fingerprint density at radius 2 is 1.76 bits per heavy atom. The smallest absolute Gasteiger partial charge is 0.0278 e. The monoisotopic (exact) mass is 240 g/mol. The summed E-state index contributed by atoms with van der Waals surface area (Å²) in [5, 5.41) is 3.81. The van der Waals surface area contributed by atoms with Crippen molar-refractivity contribution in [2.24, 2.45) is 5.73 Å². The zero-order chi connectivity index (χ0) is 12.6. The van der Waals surface area contributed by atoms with Crippen molar-refractivity contribution in [2.45, 2.75) is 89.6 Å². The van der Waals surface area contributed by atoms with Crippen molar-refractivity contribution in [1.82, 2.24) is 5.32 Å². The van der Waals surface area contributed by atoms with Crippen molar-refractivity contribution in [3.63, 3.8) is 0 Å². The first-order valence-electron chi connectivity index (χ1n) is 7.68. The lowest BCUT2D eigenvalue weighted by molar-refractivity contribution is 0.287. The summed E-state index contributed by atoms with van der Waals surface area (Å²) in [6.45, 7) is 5.36. The van der Waals surface area contributed by atoms with Crippen molar-refractivity contribution in [3.05, 3.63) is 0 Å². The van der Waals surface area contributed by atoms with Crippen LogP contribution in [0.4, 0.5) is 0 Å². The topological polar surface area (TPSA) is 38.0 Å². The molecule has 1 aliphatic rings. The molecule has 0 bridgehead atoms. The Labute approximate surface area is 108 Å². The van der Waals surface area contributed by atoms with Gasteiger partial charge >= 0.3 is 0 Å². The molecule has 0 saturated heterocycles. The summed E-state index contributed by atoms with van der Waals surface area (Å²) in [5.41, 5.74) is 6.15. The summed E-state index contributed by atoms with van der Waals surface area (Å²) in [5.74, 6) is 0. The standard InChI is InChI=1S/C15H32N2/c1-3-4-5-6-9-12-15(2,13-16)17-14-10-7-8-11-14/h14,17H,3-13,16H2,1-2H3. The maximum absolute atomic E-state index is 5.96. The maximum Gasteiger partial charge on any atom is 0.0278 e. The summed E-state index contributed by atoms with van der Waals surface area (Å²) in [4.78, 5) is 0. The highest BCUT2D eigenvalue weighted by atomic mass is 15.0. The molecule has 1 rings (SSSR count). The Kier molecular flexibility index (Phi) is 7.14. The van der Waals surface area contributed by atoms with Crippen molar-refractivity contribution in [2.75, 3.05) is 6.54 Å². The van der Waals surface area contributed by atoms with Gasteiger partial charge in [-0.15, -0.1) is 0 Å². The molecule has 0 aromatic heterocycles. The van der Waals surface area contributed by atoms with E-state index in [1.807, 2.05) is 0 Å². The molecule has 17 heavy (non-hydrogen) atoms. The molecule has 0 aliphatic heterocycles. The molecule has 0 spiro atoms. The number of nitrogens with one attached hydrogen (secondary N) is 1. The molecule has 0 aromatic rings. The van der Waals surface area contributed by atoms with Crippen LogP contribution < -0.4 is 11.1 Å². The lowest BCUT2D eigenvalue weighted by Crippen LogP contribution is -2.52. The second-order valence-electron chi connectivity index (χ2n) is 6.05. The summed E-state index contributed by atoms with van der Waals surface area (Å²) in [6.07, 6.45) is 13.5. The van der Waals surface area contributed by atoms with Crippen LogP contribution in [0.1, 0.15) is 78.1 Å². The highest BCUT2D eigenvalue weighted by molar-refractivity contribution is 4.89. The van der Waals surface area contributed by atoms with E-state index >= 15 is 0 Å². The molecule has 3 N–H and O–H groups in total. The fraction of sp³-hybridized carbons (Fsp3) is 1.00. The van der Waals surface area contributed by atoms with Crippen molar-refractivity contribution >= 4 is 0 Å². The lowest BCUT2D eigenvalue weighted by atomic mass is 9.92. The summed E-state index contributed by atoms with van der Waals surface area (Å²) >= 11 is 0. The molecule has 2 heteroatoms. The van der Waals surface area contributed by atoms with Gasteiger partial charge in [0.15, 0.2) is 0 Å². The van der Waals surface area contributed by atoms with Crippen LogP contribution in [0.25, 0.3) is 0 Å². The van der Waals surface area contributed by atoms with Gasteiger partial charge in [0.05, 0.1) is 0 Å². The number of rotatable bonds is 9. The van der Waals surface area contributed by atoms with Gasteiger partial charge in [-0.25, -0.2) is 0 Å².